The van der Waals surface area contributed by atoms with Crippen LogP contribution in [0.1, 0.15) is 37.5 Å². The Kier molecular flexibility index (Phi) is 2.97. The van der Waals surface area contributed by atoms with Crippen LogP contribution < -0.4 is 0 Å². The van der Waals surface area contributed by atoms with Crippen molar-refractivity contribution in [3.8, 4) is 0 Å². The van der Waals surface area contributed by atoms with Gasteiger partial charge in [-0.1, -0.05) is 0 Å². The molecule has 0 bridgehead atoms. The molecule has 2 aliphatic rings. The van der Waals surface area contributed by atoms with Crippen molar-refractivity contribution in [2.24, 2.45) is 0 Å². The highest BCUT2D eigenvalue weighted by Gasteiger charge is 2.34. The zero-order valence-electron chi connectivity index (χ0n) is 11.1. The van der Waals surface area contributed by atoms with Crippen LogP contribution in [-0.2, 0) is 14.3 Å². The topological polar surface area (TPSA) is 90.0 Å². The fourth-order valence-corrected chi connectivity index (χ4v) is 2.27. The van der Waals surface area contributed by atoms with Gasteiger partial charge in [0.05, 0.1) is 23.3 Å². The molecule has 2 aliphatic heterocycles. The first-order valence-corrected chi connectivity index (χ1v) is 6.33. The number of rotatable bonds is 2. The Morgan fingerprint density at radius 3 is 2.62 bits per heavy atom. The molecule has 3 rings (SSSR count). The van der Waals surface area contributed by atoms with Crippen LogP contribution in [0.3, 0.4) is 0 Å². The molecule has 0 radical (unpaired) electrons. The molecule has 0 aromatic heterocycles. The summed E-state index contributed by atoms with van der Waals surface area (Å²) in [5.41, 5.74) is 0.523. The molecule has 1 saturated heterocycles. The molecule has 0 aliphatic carbocycles. The first kappa shape index (κ1) is 13.3. The normalized spacial score (nSPS) is 20.5. The van der Waals surface area contributed by atoms with Crippen molar-refractivity contribution in [2.75, 3.05) is 13.7 Å². The average Bonchev–Trinajstić information content (AvgIpc) is 2.97. The molecular weight excluding hydrogens is 278 g/mol. The molecule has 1 aromatic rings. The predicted molar refractivity (Wildman–Crippen MR) is 67.6 cm³/mol. The van der Waals surface area contributed by atoms with Gasteiger partial charge in [-0.15, -0.1) is 0 Å². The minimum absolute atomic E-state index is 0.116. The number of imide groups is 1. The van der Waals surface area contributed by atoms with E-state index in [4.69, 9.17) is 9.47 Å². The third-order valence-electron chi connectivity index (χ3n) is 3.46. The monoisotopic (exact) mass is 289 g/mol. The maximum Gasteiger partial charge on any atom is 0.347 e. The molecule has 7 nitrogen and oxygen atoms in total. The summed E-state index contributed by atoms with van der Waals surface area (Å²) < 4.78 is 9.73. The van der Waals surface area contributed by atoms with Gasteiger partial charge in [0, 0.05) is 13.5 Å². The standard InChI is InChI=1S/C14H11NO6/c1-15-11(16)8-3-2-7(6-9(8)12(15)17)13(18)21-10-4-5-20-14(10)19/h2-3,6,10H,4-5H2,1H3/t10-/m1/s1. The molecule has 0 unspecified atom stereocenters. The SMILES string of the molecule is CN1C(=O)c2ccc(C(=O)O[C@@H]3CCOC3=O)cc2C1=O. The Labute approximate surface area is 119 Å². The molecule has 2 amide bonds. The second-order valence-corrected chi connectivity index (χ2v) is 4.78. The zero-order valence-corrected chi connectivity index (χ0v) is 11.1. The Morgan fingerprint density at radius 1 is 1.24 bits per heavy atom. The van der Waals surface area contributed by atoms with Gasteiger partial charge in [-0.2, -0.15) is 0 Å². The molecule has 7 heteroatoms. The summed E-state index contributed by atoms with van der Waals surface area (Å²) in [5, 5.41) is 0. The minimum atomic E-state index is -0.911. The van der Waals surface area contributed by atoms with E-state index in [9.17, 15) is 19.2 Å². The van der Waals surface area contributed by atoms with Crippen molar-refractivity contribution in [1.29, 1.82) is 0 Å². The smallest absolute Gasteiger partial charge is 0.347 e. The van der Waals surface area contributed by atoms with Gasteiger partial charge in [0.25, 0.3) is 11.8 Å². The first-order valence-electron chi connectivity index (χ1n) is 6.33. The van der Waals surface area contributed by atoms with Gasteiger partial charge in [0.2, 0.25) is 6.10 Å². The number of hydrogen-bond acceptors (Lipinski definition) is 6. The predicted octanol–water partition coefficient (Wildman–Crippen LogP) is 0.385. The summed E-state index contributed by atoms with van der Waals surface area (Å²) in [5.74, 6) is -2.17. The molecule has 1 fully saturated rings. The fraction of sp³-hybridized carbons (Fsp3) is 0.286. The maximum absolute atomic E-state index is 12.0. The largest absolute Gasteiger partial charge is 0.463 e. The van der Waals surface area contributed by atoms with Crippen LogP contribution in [0.25, 0.3) is 0 Å². The van der Waals surface area contributed by atoms with Gasteiger partial charge in [0.15, 0.2) is 0 Å². The summed E-state index contributed by atoms with van der Waals surface area (Å²) in [6, 6.07) is 4.11. The van der Waals surface area contributed by atoms with Crippen LogP contribution in [0, 0.1) is 0 Å². The van der Waals surface area contributed by atoms with Crippen LogP contribution >= 0.6 is 0 Å². The number of esters is 2. The summed E-state index contributed by atoms with van der Waals surface area (Å²) in [6.45, 7) is 0.221. The van der Waals surface area contributed by atoms with E-state index < -0.39 is 29.9 Å². The van der Waals surface area contributed by atoms with Gasteiger partial charge >= 0.3 is 11.9 Å². The molecule has 108 valence electrons. The lowest BCUT2D eigenvalue weighted by atomic mass is 10.1. The highest BCUT2D eigenvalue weighted by atomic mass is 16.6. The number of carbonyl (C=O) groups is 4. The molecule has 1 atom stereocenters. The van der Waals surface area contributed by atoms with Crippen molar-refractivity contribution < 1.29 is 28.7 Å². The highest BCUT2D eigenvalue weighted by molar-refractivity contribution is 6.21. The van der Waals surface area contributed by atoms with Crippen molar-refractivity contribution in [3.05, 3.63) is 34.9 Å². The number of cyclic esters (lactones) is 1. The van der Waals surface area contributed by atoms with Gasteiger partial charge < -0.3 is 9.47 Å². The summed E-state index contributed by atoms with van der Waals surface area (Å²) in [6.07, 6.45) is -0.596. The Morgan fingerprint density at radius 2 is 1.95 bits per heavy atom. The van der Waals surface area contributed by atoms with E-state index in [1.165, 1.54) is 25.2 Å². The second kappa shape index (κ2) is 4.69. The molecule has 0 spiro atoms. The van der Waals surface area contributed by atoms with Gasteiger partial charge in [-0.25, -0.2) is 9.59 Å². The number of ether oxygens (including phenoxy) is 2. The van der Waals surface area contributed by atoms with E-state index in [0.717, 1.165) is 4.90 Å². The molecule has 0 N–H and O–H groups in total. The van der Waals surface area contributed by atoms with E-state index in [1.54, 1.807) is 0 Å². The number of amides is 2. The van der Waals surface area contributed by atoms with E-state index >= 15 is 0 Å². The van der Waals surface area contributed by atoms with Crippen molar-refractivity contribution in [3.63, 3.8) is 0 Å². The number of fused-ring (bicyclic) bond motifs is 1. The lowest BCUT2D eigenvalue weighted by Gasteiger charge is -2.08. The maximum atomic E-state index is 12.0. The molecule has 2 heterocycles. The summed E-state index contributed by atoms with van der Waals surface area (Å²) in [7, 11) is 1.37. The lowest BCUT2D eigenvalue weighted by Crippen LogP contribution is -2.24. The quantitative estimate of drug-likeness (QED) is 0.577. The van der Waals surface area contributed by atoms with Crippen LogP contribution in [-0.4, -0.2) is 48.4 Å². The van der Waals surface area contributed by atoms with E-state index in [2.05, 4.69) is 0 Å². The minimum Gasteiger partial charge on any atom is -0.463 e. The van der Waals surface area contributed by atoms with Crippen LogP contribution in [0.4, 0.5) is 0 Å². The van der Waals surface area contributed by atoms with E-state index in [0.29, 0.717) is 6.42 Å². The second-order valence-electron chi connectivity index (χ2n) is 4.78. The Bertz CT molecular complexity index is 680. The summed E-state index contributed by atoms with van der Waals surface area (Å²) in [4.78, 5) is 47.8. The third kappa shape index (κ3) is 2.06. The fourth-order valence-electron chi connectivity index (χ4n) is 2.27. The lowest BCUT2D eigenvalue weighted by molar-refractivity contribution is -0.145. The van der Waals surface area contributed by atoms with Gasteiger partial charge in [0.1, 0.15) is 0 Å². The van der Waals surface area contributed by atoms with Crippen LogP contribution in [0.5, 0.6) is 0 Å². The molecular formula is C14H11NO6. The average molecular weight is 289 g/mol. The Balaban J connectivity index is 1.85. The van der Waals surface area contributed by atoms with Gasteiger partial charge in [-0.3, -0.25) is 14.5 Å². The number of nitrogens with zero attached hydrogens (tertiary/aromatic N) is 1. The third-order valence-corrected chi connectivity index (χ3v) is 3.46. The highest BCUT2D eigenvalue weighted by Crippen LogP contribution is 2.23. The van der Waals surface area contributed by atoms with Crippen molar-refractivity contribution >= 4 is 23.8 Å². The van der Waals surface area contributed by atoms with Crippen LogP contribution in [0.15, 0.2) is 18.2 Å². The Hall–Kier alpha value is -2.70. The molecule has 21 heavy (non-hydrogen) atoms. The van der Waals surface area contributed by atoms with E-state index in [1.807, 2.05) is 0 Å². The summed E-state index contributed by atoms with van der Waals surface area (Å²) >= 11 is 0. The van der Waals surface area contributed by atoms with Crippen molar-refractivity contribution in [1.82, 2.24) is 4.90 Å². The van der Waals surface area contributed by atoms with Crippen LogP contribution in [0.2, 0.25) is 0 Å². The van der Waals surface area contributed by atoms with Crippen molar-refractivity contribution in [2.45, 2.75) is 12.5 Å². The zero-order chi connectivity index (χ0) is 15.1. The number of carbonyl (C=O) groups excluding carboxylic acids is 4. The molecule has 1 aromatic carbocycles. The van der Waals surface area contributed by atoms with E-state index in [-0.39, 0.29) is 23.3 Å². The first-order chi connectivity index (χ1) is 9.99. The molecule has 0 saturated carbocycles. The number of benzene rings is 1. The van der Waals surface area contributed by atoms with Gasteiger partial charge in [-0.05, 0) is 18.2 Å². The number of hydrogen-bond donors (Lipinski definition) is 0.